The molecule has 6 heteroatoms. The number of nitrogens with one attached hydrogen (secondary N) is 1. The Hall–Kier alpha value is -2.08. The van der Waals surface area contributed by atoms with Crippen molar-refractivity contribution in [1.82, 2.24) is 10.2 Å². The van der Waals surface area contributed by atoms with Crippen molar-refractivity contribution in [3.63, 3.8) is 0 Å². The molecule has 2 atom stereocenters. The highest BCUT2D eigenvalue weighted by molar-refractivity contribution is 5.87. The summed E-state index contributed by atoms with van der Waals surface area (Å²) in [6.45, 7) is 6.08. The number of β-amino-alcohol motifs (C(OH)–C–C–N with tert-alkyl or cyclic N) is 1. The Morgan fingerprint density at radius 2 is 1.96 bits per heavy atom. The molecule has 23 heavy (non-hydrogen) atoms. The van der Waals surface area contributed by atoms with Crippen molar-refractivity contribution < 1.29 is 19.4 Å². The average molecular weight is 320 g/mol. The van der Waals surface area contributed by atoms with Crippen LogP contribution in [0.25, 0.3) is 0 Å². The van der Waals surface area contributed by atoms with Crippen LogP contribution < -0.4 is 5.32 Å². The molecule has 1 fully saturated rings. The Bertz CT molecular complexity index is 553. The van der Waals surface area contributed by atoms with Crippen molar-refractivity contribution >= 4 is 12.0 Å². The van der Waals surface area contributed by atoms with Gasteiger partial charge >= 0.3 is 6.09 Å². The maximum Gasteiger partial charge on any atom is 0.408 e. The van der Waals surface area contributed by atoms with Crippen LogP contribution in [0.5, 0.6) is 0 Å². The molecule has 1 aliphatic heterocycles. The molecule has 2 amide bonds. The molecule has 0 aromatic heterocycles. The molecular weight excluding hydrogens is 296 g/mol. The standard InChI is InChI=1S/C17H24N2O4/c1-17(2,3)23-16(22)18-14(12-7-5-4-6-8-12)15(21)19-10-9-13(20)11-19/h4-8,13-14,20H,9-11H2,1-3H3,(H,18,22)/t13-,14+/m0/s1. The molecule has 2 N–H and O–H groups in total. The van der Waals surface area contributed by atoms with Gasteiger partial charge in [-0.1, -0.05) is 30.3 Å². The van der Waals surface area contributed by atoms with Crippen LogP contribution in [0.3, 0.4) is 0 Å². The smallest absolute Gasteiger partial charge is 0.408 e. The van der Waals surface area contributed by atoms with Gasteiger partial charge in [0.15, 0.2) is 0 Å². The molecule has 0 radical (unpaired) electrons. The van der Waals surface area contributed by atoms with Crippen molar-refractivity contribution in [3.8, 4) is 0 Å². The summed E-state index contributed by atoms with van der Waals surface area (Å²) >= 11 is 0. The third kappa shape index (κ3) is 4.96. The fourth-order valence-electron chi connectivity index (χ4n) is 2.48. The highest BCUT2D eigenvalue weighted by Crippen LogP contribution is 2.20. The fourth-order valence-corrected chi connectivity index (χ4v) is 2.48. The predicted molar refractivity (Wildman–Crippen MR) is 85.8 cm³/mol. The molecule has 0 bridgehead atoms. The van der Waals surface area contributed by atoms with Gasteiger partial charge in [0.2, 0.25) is 5.91 Å². The second-order valence-electron chi connectivity index (χ2n) is 6.72. The number of hydrogen-bond donors (Lipinski definition) is 2. The van der Waals surface area contributed by atoms with Gasteiger partial charge in [0.05, 0.1) is 6.10 Å². The molecule has 1 aromatic carbocycles. The van der Waals surface area contributed by atoms with Crippen molar-refractivity contribution in [2.24, 2.45) is 0 Å². The number of hydrogen-bond acceptors (Lipinski definition) is 4. The first-order valence-electron chi connectivity index (χ1n) is 7.77. The van der Waals surface area contributed by atoms with Crippen molar-refractivity contribution in [1.29, 1.82) is 0 Å². The summed E-state index contributed by atoms with van der Waals surface area (Å²) in [5.41, 5.74) is 0.0443. The second-order valence-corrected chi connectivity index (χ2v) is 6.72. The minimum absolute atomic E-state index is 0.237. The lowest BCUT2D eigenvalue weighted by atomic mass is 10.1. The summed E-state index contributed by atoms with van der Waals surface area (Å²) in [4.78, 5) is 26.4. The van der Waals surface area contributed by atoms with E-state index in [4.69, 9.17) is 4.74 Å². The SMILES string of the molecule is CC(C)(C)OC(=O)N[C@@H](C(=O)N1CC[C@H](O)C1)c1ccccc1. The number of nitrogens with zero attached hydrogens (tertiary/aromatic N) is 1. The van der Waals surface area contributed by atoms with Crippen LogP contribution in [0.2, 0.25) is 0 Å². The Morgan fingerprint density at radius 1 is 1.30 bits per heavy atom. The summed E-state index contributed by atoms with van der Waals surface area (Å²) in [6, 6.07) is 8.21. The van der Waals surface area contributed by atoms with Gasteiger partial charge < -0.3 is 20.1 Å². The molecule has 1 heterocycles. The number of rotatable bonds is 3. The fraction of sp³-hybridized carbons (Fsp3) is 0.529. The summed E-state index contributed by atoms with van der Waals surface area (Å²) in [5.74, 6) is -0.237. The van der Waals surface area contributed by atoms with Crippen LogP contribution in [0.15, 0.2) is 30.3 Å². The van der Waals surface area contributed by atoms with E-state index in [1.54, 1.807) is 37.8 Å². The van der Waals surface area contributed by atoms with Crippen LogP contribution in [0, 0.1) is 0 Å². The van der Waals surface area contributed by atoms with Crippen LogP contribution in [0.1, 0.15) is 38.8 Å². The molecule has 126 valence electrons. The van der Waals surface area contributed by atoms with E-state index in [-0.39, 0.29) is 12.5 Å². The quantitative estimate of drug-likeness (QED) is 0.891. The first kappa shape index (κ1) is 17.3. The normalized spacial score (nSPS) is 19.3. The van der Waals surface area contributed by atoms with E-state index in [2.05, 4.69) is 5.32 Å². The van der Waals surface area contributed by atoms with E-state index in [0.717, 1.165) is 0 Å². The monoisotopic (exact) mass is 320 g/mol. The van der Waals surface area contributed by atoms with Gasteiger partial charge in [0, 0.05) is 13.1 Å². The molecular formula is C17H24N2O4. The van der Waals surface area contributed by atoms with Gasteiger partial charge in [-0.25, -0.2) is 4.79 Å². The average Bonchev–Trinajstić information content (AvgIpc) is 2.90. The van der Waals surface area contributed by atoms with E-state index < -0.39 is 23.8 Å². The molecule has 0 spiro atoms. The summed E-state index contributed by atoms with van der Waals surface area (Å²) in [6.07, 6.45) is -0.587. The number of benzene rings is 1. The maximum absolute atomic E-state index is 12.7. The topological polar surface area (TPSA) is 78.9 Å². The van der Waals surface area contributed by atoms with E-state index >= 15 is 0 Å². The number of aliphatic hydroxyl groups excluding tert-OH is 1. The van der Waals surface area contributed by atoms with E-state index in [1.165, 1.54) is 0 Å². The zero-order chi connectivity index (χ0) is 17.0. The number of likely N-dealkylation sites (tertiary alicyclic amines) is 1. The molecule has 1 aliphatic rings. The van der Waals surface area contributed by atoms with E-state index in [0.29, 0.717) is 18.5 Å². The lowest BCUT2D eigenvalue weighted by Crippen LogP contribution is -2.44. The predicted octanol–water partition coefficient (Wildman–Crippen LogP) is 1.85. The third-order valence-corrected chi connectivity index (χ3v) is 3.52. The molecule has 2 rings (SSSR count). The van der Waals surface area contributed by atoms with Crippen LogP contribution >= 0.6 is 0 Å². The van der Waals surface area contributed by atoms with Gasteiger partial charge in [0.1, 0.15) is 11.6 Å². The first-order valence-corrected chi connectivity index (χ1v) is 7.77. The van der Waals surface area contributed by atoms with Gasteiger partial charge in [-0.15, -0.1) is 0 Å². The summed E-state index contributed by atoms with van der Waals surface area (Å²) in [7, 11) is 0. The lowest BCUT2D eigenvalue weighted by molar-refractivity contribution is -0.133. The van der Waals surface area contributed by atoms with Crippen molar-refractivity contribution in [2.45, 2.75) is 44.9 Å². The highest BCUT2D eigenvalue weighted by atomic mass is 16.6. The molecule has 1 saturated heterocycles. The molecule has 6 nitrogen and oxygen atoms in total. The molecule has 0 unspecified atom stereocenters. The Balaban J connectivity index is 2.15. The number of carbonyl (C=O) groups is 2. The van der Waals surface area contributed by atoms with Crippen LogP contribution in [-0.4, -0.2) is 46.8 Å². The van der Waals surface area contributed by atoms with Crippen molar-refractivity contribution in [3.05, 3.63) is 35.9 Å². The zero-order valence-electron chi connectivity index (χ0n) is 13.8. The maximum atomic E-state index is 12.7. The Morgan fingerprint density at radius 3 is 2.48 bits per heavy atom. The number of carbonyl (C=O) groups excluding carboxylic acids is 2. The lowest BCUT2D eigenvalue weighted by Gasteiger charge is -2.26. The zero-order valence-corrected chi connectivity index (χ0v) is 13.8. The minimum Gasteiger partial charge on any atom is -0.444 e. The van der Waals surface area contributed by atoms with E-state index in [1.807, 2.05) is 18.2 Å². The van der Waals surface area contributed by atoms with Gasteiger partial charge in [-0.3, -0.25) is 4.79 Å². The highest BCUT2D eigenvalue weighted by Gasteiger charge is 2.32. The summed E-state index contributed by atoms with van der Waals surface area (Å²) < 4.78 is 5.25. The van der Waals surface area contributed by atoms with Crippen LogP contribution in [-0.2, 0) is 9.53 Å². The summed E-state index contributed by atoms with van der Waals surface area (Å²) in [5, 5.41) is 12.3. The second kappa shape index (κ2) is 7.00. The number of aliphatic hydroxyl groups is 1. The Labute approximate surface area is 136 Å². The van der Waals surface area contributed by atoms with Gasteiger partial charge in [0.25, 0.3) is 0 Å². The van der Waals surface area contributed by atoms with Crippen molar-refractivity contribution in [2.75, 3.05) is 13.1 Å². The molecule has 0 saturated carbocycles. The number of amides is 2. The third-order valence-electron chi connectivity index (χ3n) is 3.52. The Kier molecular flexibility index (Phi) is 5.26. The van der Waals surface area contributed by atoms with Gasteiger partial charge in [-0.05, 0) is 32.8 Å². The molecule has 0 aliphatic carbocycles. The van der Waals surface area contributed by atoms with Gasteiger partial charge in [-0.2, -0.15) is 0 Å². The first-order chi connectivity index (χ1) is 10.8. The number of alkyl carbamates (subject to hydrolysis) is 1. The minimum atomic E-state index is -0.823. The number of ether oxygens (including phenoxy) is 1. The van der Waals surface area contributed by atoms with E-state index in [9.17, 15) is 14.7 Å². The largest absolute Gasteiger partial charge is 0.444 e. The molecule has 1 aromatic rings. The van der Waals surface area contributed by atoms with Crippen LogP contribution in [0.4, 0.5) is 4.79 Å².